The molecule has 6 nitrogen and oxygen atoms in total. The highest BCUT2D eigenvalue weighted by Gasteiger charge is 2.18. The Hall–Kier alpha value is -1.69. The summed E-state index contributed by atoms with van der Waals surface area (Å²) in [5, 5.41) is 13.9. The van der Waals surface area contributed by atoms with E-state index >= 15 is 0 Å². The van der Waals surface area contributed by atoms with Crippen molar-refractivity contribution in [1.82, 2.24) is 9.88 Å². The number of nitrogens with one attached hydrogen (secondary N) is 1. The van der Waals surface area contributed by atoms with Crippen LogP contribution < -0.4 is 5.32 Å². The molecule has 0 bridgehead atoms. The van der Waals surface area contributed by atoms with Gasteiger partial charge in [0.15, 0.2) is 0 Å². The zero-order valence-electron chi connectivity index (χ0n) is 12.1. The number of nitro groups is 1. The number of hydrogen-bond donors (Lipinski definition) is 1. The number of aryl methyl sites for hydroxylation is 1. The van der Waals surface area contributed by atoms with Gasteiger partial charge < -0.3 is 10.2 Å². The van der Waals surface area contributed by atoms with Crippen molar-refractivity contribution in [2.75, 3.05) is 25.5 Å². The van der Waals surface area contributed by atoms with Crippen LogP contribution in [0.4, 0.5) is 11.5 Å². The van der Waals surface area contributed by atoms with Crippen molar-refractivity contribution < 1.29 is 4.92 Å². The van der Waals surface area contributed by atoms with Crippen LogP contribution in [0.15, 0.2) is 12.3 Å². The van der Waals surface area contributed by atoms with E-state index in [9.17, 15) is 10.1 Å². The molecule has 0 atom stereocenters. The quantitative estimate of drug-likeness (QED) is 0.639. The largest absolute Gasteiger partial charge is 0.369 e. The van der Waals surface area contributed by atoms with Gasteiger partial charge in [-0.3, -0.25) is 10.1 Å². The highest BCUT2D eigenvalue weighted by Crippen LogP contribution is 2.22. The number of pyridine rings is 1. The van der Waals surface area contributed by atoms with Crippen LogP contribution in [0.1, 0.15) is 31.2 Å². The molecule has 1 heterocycles. The fraction of sp³-hybridized carbons (Fsp3) is 0.643. The van der Waals surface area contributed by atoms with Crippen LogP contribution in [0.5, 0.6) is 0 Å². The highest BCUT2D eigenvalue weighted by molar-refractivity contribution is 5.48. The molecule has 1 aromatic rings. The van der Waals surface area contributed by atoms with Gasteiger partial charge in [-0.2, -0.15) is 0 Å². The van der Waals surface area contributed by atoms with Gasteiger partial charge in [0.1, 0.15) is 12.0 Å². The molecule has 0 spiro atoms. The van der Waals surface area contributed by atoms with E-state index < -0.39 is 4.92 Å². The number of anilines is 1. The minimum atomic E-state index is -0.419. The SMILES string of the molecule is Cc1cc([N+](=O)[O-])cnc1NCCN(C)C1CCCC1. The van der Waals surface area contributed by atoms with E-state index in [2.05, 4.69) is 22.2 Å². The average Bonchev–Trinajstić information content (AvgIpc) is 2.94. The molecule has 1 aliphatic carbocycles. The van der Waals surface area contributed by atoms with Crippen molar-refractivity contribution in [2.45, 2.75) is 38.6 Å². The van der Waals surface area contributed by atoms with E-state index in [0.29, 0.717) is 6.04 Å². The molecule has 0 aromatic carbocycles. The summed E-state index contributed by atoms with van der Waals surface area (Å²) in [5.41, 5.74) is 0.846. The lowest BCUT2D eigenvalue weighted by molar-refractivity contribution is -0.385. The summed E-state index contributed by atoms with van der Waals surface area (Å²) in [7, 11) is 2.16. The predicted octanol–water partition coefficient (Wildman–Crippen LogP) is 2.58. The maximum absolute atomic E-state index is 10.7. The molecular weight excluding hydrogens is 256 g/mol. The van der Waals surface area contributed by atoms with Crippen molar-refractivity contribution in [1.29, 1.82) is 0 Å². The Morgan fingerprint density at radius 2 is 2.20 bits per heavy atom. The van der Waals surface area contributed by atoms with Crippen LogP contribution in [-0.4, -0.2) is 41.0 Å². The third-order valence-electron chi connectivity index (χ3n) is 3.98. The first-order valence-corrected chi connectivity index (χ1v) is 7.13. The minimum absolute atomic E-state index is 0.0381. The van der Waals surface area contributed by atoms with Gasteiger partial charge >= 0.3 is 0 Å². The lowest BCUT2D eigenvalue weighted by Gasteiger charge is -2.24. The standard InChI is InChI=1S/C14H22N4O2/c1-11-9-13(18(19)20)10-16-14(11)15-7-8-17(2)12-5-3-4-6-12/h9-10,12H,3-8H2,1-2H3,(H,15,16). The molecule has 1 aliphatic rings. The second-order valence-corrected chi connectivity index (χ2v) is 5.46. The highest BCUT2D eigenvalue weighted by atomic mass is 16.6. The van der Waals surface area contributed by atoms with Crippen LogP contribution in [0.25, 0.3) is 0 Å². The average molecular weight is 278 g/mol. The second kappa shape index (κ2) is 6.65. The van der Waals surface area contributed by atoms with Crippen molar-refractivity contribution in [3.05, 3.63) is 27.9 Å². The van der Waals surface area contributed by atoms with Gasteiger partial charge in [0, 0.05) is 25.2 Å². The third kappa shape index (κ3) is 3.66. The lowest BCUT2D eigenvalue weighted by atomic mass is 10.2. The van der Waals surface area contributed by atoms with Gasteiger partial charge in [0.05, 0.1) is 4.92 Å². The molecule has 0 radical (unpaired) electrons. The Morgan fingerprint density at radius 1 is 1.50 bits per heavy atom. The fourth-order valence-electron chi connectivity index (χ4n) is 2.72. The van der Waals surface area contributed by atoms with Crippen LogP contribution in [0.2, 0.25) is 0 Å². The number of hydrogen-bond acceptors (Lipinski definition) is 5. The summed E-state index contributed by atoms with van der Waals surface area (Å²) in [6.45, 7) is 3.60. The van der Waals surface area contributed by atoms with Crippen molar-refractivity contribution in [2.24, 2.45) is 0 Å². The van der Waals surface area contributed by atoms with Crippen LogP contribution in [0.3, 0.4) is 0 Å². The molecule has 0 aliphatic heterocycles. The Bertz CT molecular complexity index is 472. The van der Waals surface area contributed by atoms with Crippen molar-refractivity contribution in [3.8, 4) is 0 Å². The van der Waals surface area contributed by atoms with Crippen LogP contribution in [0, 0.1) is 17.0 Å². The molecule has 0 saturated heterocycles. The van der Waals surface area contributed by atoms with Crippen molar-refractivity contribution >= 4 is 11.5 Å². The summed E-state index contributed by atoms with van der Waals surface area (Å²) in [6.07, 6.45) is 6.57. The molecule has 1 saturated carbocycles. The van der Waals surface area contributed by atoms with E-state index in [4.69, 9.17) is 0 Å². The van der Waals surface area contributed by atoms with E-state index in [0.717, 1.165) is 24.5 Å². The first kappa shape index (κ1) is 14.7. The molecule has 1 aromatic heterocycles. The van der Waals surface area contributed by atoms with E-state index in [1.165, 1.54) is 31.9 Å². The summed E-state index contributed by atoms with van der Waals surface area (Å²) < 4.78 is 0. The minimum Gasteiger partial charge on any atom is -0.369 e. The maximum Gasteiger partial charge on any atom is 0.287 e. The number of likely N-dealkylation sites (N-methyl/N-ethyl adjacent to an activating group) is 1. The van der Waals surface area contributed by atoms with Gasteiger partial charge in [-0.1, -0.05) is 12.8 Å². The summed E-state index contributed by atoms with van der Waals surface area (Å²) in [4.78, 5) is 16.7. The Balaban J connectivity index is 1.83. The lowest BCUT2D eigenvalue weighted by Crippen LogP contribution is -2.33. The fourth-order valence-corrected chi connectivity index (χ4v) is 2.72. The topological polar surface area (TPSA) is 71.3 Å². The molecule has 1 fully saturated rings. The Labute approximate surface area is 119 Å². The van der Waals surface area contributed by atoms with E-state index in [1.807, 2.05) is 6.92 Å². The van der Waals surface area contributed by atoms with Crippen molar-refractivity contribution in [3.63, 3.8) is 0 Å². The summed E-state index contributed by atoms with van der Waals surface area (Å²) in [6, 6.07) is 2.26. The Kier molecular flexibility index (Phi) is 4.89. The van der Waals surface area contributed by atoms with Gasteiger partial charge in [-0.25, -0.2) is 4.98 Å². The zero-order chi connectivity index (χ0) is 14.5. The van der Waals surface area contributed by atoms with Crippen LogP contribution >= 0.6 is 0 Å². The monoisotopic (exact) mass is 278 g/mol. The van der Waals surface area contributed by atoms with Gasteiger partial charge in [0.25, 0.3) is 5.69 Å². The molecular formula is C14H22N4O2. The smallest absolute Gasteiger partial charge is 0.287 e. The molecule has 0 unspecified atom stereocenters. The summed E-state index contributed by atoms with van der Waals surface area (Å²) >= 11 is 0. The molecule has 1 N–H and O–H groups in total. The zero-order valence-corrected chi connectivity index (χ0v) is 12.1. The first-order chi connectivity index (χ1) is 9.58. The normalized spacial score (nSPS) is 15.8. The molecule has 2 rings (SSSR count). The molecule has 6 heteroatoms. The summed E-state index contributed by atoms with van der Waals surface area (Å²) in [5.74, 6) is 0.732. The molecule has 110 valence electrons. The third-order valence-corrected chi connectivity index (χ3v) is 3.98. The number of nitrogens with zero attached hydrogens (tertiary/aromatic N) is 3. The van der Waals surface area contributed by atoms with Crippen LogP contribution in [-0.2, 0) is 0 Å². The molecule has 0 amide bonds. The van der Waals surface area contributed by atoms with Gasteiger partial charge in [0.2, 0.25) is 0 Å². The first-order valence-electron chi connectivity index (χ1n) is 7.13. The predicted molar refractivity (Wildman–Crippen MR) is 79.0 cm³/mol. The van der Waals surface area contributed by atoms with E-state index in [1.54, 1.807) is 6.07 Å². The van der Waals surface area contributed by atoms with E-state index in [-0.39, 0.29) is 5.69 Å². The maximum atomic E-state index is 10.7. The molecule has 20 heavy (non-hydrogen) atoms. The van der Waals surface area contributed by atoms with Gasteiger partial charge in [-0.05, 0) is 32.4 Å². The van der Waals surface area contributed by atoms with Gasteiger partial charge in [-0.15, -0.1) is 0 Å². The second-order valence-electron chi connectivity index (χ2n) is 5.46. The number of rotatable bonds is 6. The Morgan fingerprint density at radius 3 is 2.80 bits per heavy atom. The number of aromatic nitrogens is 1.